The summed E-state index contributed by atoms with van der Waals surface area (Å²) >= 11 is 0. The lowest BCUT2D eigenvalue weighted by atomic mass is 9.95. The van der Waals surface area contributed by atoms with Crippen LogP contribution in [0.25, 0.3) is 11.2 Å². The Kier molecular flexibility index (Phi) is 3.85. The van der Waals surface area contributed by atoms with Gasteiger partial charge in [0.25, 0.3) is 5.56 Å². The van der Waals surface area contributed by atoms with Gasteiger partial charge in [0.05, 0.1) is 12.4 Å². The number of aromatic nitrogens is 4. The number of imidazole rings is 1. The molecule has 0 bridgehead atoms. The van der Waals surface area contributed by atoms with Crippen LogP contribution in [0.2, 0.25) is 0 Å². The number of nitrogens with zero attached hydrogens (tertiary/aromatic N) is 3. The molecule has 0 radical (unpaired) electrons. The zero-order valence-electron chi connectivity index (χ0n) is 12.4. The fourth-order valence-electron chi connectivity index (χ4n) is 2.91. The van der Waals surface area contributed by atoms with Crippen LogP contribution < -0.4 is 11.3 Å². The summed E-state index contributed by atoms with van der Waals surface area (Å²) in [6.45, 7) is 2.44. The third-order valence-electron chi connectivity index (χ3n) is 4.07. The third-order valence-corrected chi connectivity index (χ3v) is 4.07. The minimum Gasteiger partial charge on any atom is -0.388 e. The van der Waals surface area contributed by atoms with Gasteiger partial charge in [-0.25, -0.2) is 4.98 Å². The van der Waals surface area contributed by atoms with Crippen LogP contribution in [0.15, 0.2) is 11.1 Å². The van der Waals surface area contributed by atoms with E-state index in [0.29, 0.717) is 18.7 Å². The van der Waals surface area contributed by atoms with Crippen molar-refractivity contribution in [3.05, 3.63) is 16.7 Å². The lowest BCUT2D eigenvalue weighted by Gasteiger charge is -2.18. The smallest absolute Gasteiger partial charge is 0.280 e. The fraction of sp³-hybridized carbons (Fsp3) is 0.615. The zero-order chi connectivity index (χ0) is 15.9. The van der Waals surface area contributed by atoms with Gasteiger partial charge in [-0.05, 0) is 13.3 Å². The molecule has 3 rings (SSSR count). The van der Waals surface area contributed by atoms with Crippen molar-refractivity contribution in [2.24, 2.45) is 5.92 Å². The van der Waals surface area contributed by atoms with E-state index in [0.717, 1.165) is 0 Å². The van der Waals surface area contributed by atoms with Crippen LogP contribution >= 0.6 is 0 Å². The maximum atomic E-state index is 11.8. The molecular formula is C13H19N5O4. The molecule has 0 amide bonds. The summed E-state index contributed by atoms with van der Waals surface area (Å²) in [4.78, 5) is 22.3. The number of ether oxygens (including phenoxy) is 2. The van der Waals surface area contributed by atoms with Crippen molar-refractivity contribution in [2.45, 2.75) is 31.8 Å². The predicted molar refractivity (Wildman–Crippen MR) is 78.1 cm³/mol. The number of aliphatic hydroxyl groups is 1. The summed E-state index contributed by atoms with van der Waals surface area (Å²) < 4.78 is 12.5. The van der Waals surface area contributed by atoms with Gasteiger partial charge in [0.15, 0.2) is 17.4 Å². The van der Waals surface area contributed by atoms with Crippen molar-refractivity contribution in [1.82, 2.24) is 19.5 Å². The topological polar surface area (TPSA) is 128 Å². The largest absolute Gasteiger partial charge is 0.388 e. The summed E-state index contributed by atoms with van der Waals surface area (Å²) in [5, 5.41) is 10.5. The number of hydrogen-bond donors (Lipinski definition) is 3. The van der Waals surface area contributed by atoms with Crippen molar-refractivity contribution in [3.63, 3.8) is 0 Å². The van der Waals surface area contributed by atoms with Crippen molar-refractivity contribution >= 4 is 17.1 Å². The van der Waals surface area contributed by atoms with E-state index in [1.165, 1.54) is 6.33 Å². The minimum absolute atomic E-state index is 0.00396. The van der Waals surface area contributed by atoms with Gasteiger partial charge in [0.1, 0.15) is 6.10 Å². The van der Waals surface area contributed by atoms with E-state index in [9.17, 15) is 9.90 Å². The molecule has 0 aliphatic carbocycles. The minimum atomic E-state index is -0.745. The number of nitrogen functional groups attached to an aromatic ring is 1. The number of aromatic amines is 1. The van der Waals surface area contributed by atoms with E-state index in [1.807, 2.05) is 6.92 Å². The molecule has 2 aromatic rings. The Hall–Kier alpha value is -1.97. The number of methoxy groups -OCH3 is 1. The van der Waals surface area contributed by atoms with Crippen LogP contribution in [0.5, 0.6) is 0 Å². The van der Waals surface area contributed by atoms with Crippen LogP contribution in [-0.4, -0.2) is 50.6 Å². The monoisotopic (exact) mass is 309 g/mol. The summed E-state index contributed by atoms with van der Waals surface area (Å²) in [5.74, 6) is -0.0718. The lowest BCUT2D eigenvalue weighted by Crippen LogP contribution is -2.27. The van der Waals surface area contributed by atoms with Crippen LogP contribution in [0.3, 0.4) is 0 Å². The molecule has 9 heteroatoms. The van der Waals surface area contributed by atoms with Crippen molar-refractivity contribution < 1.29 is 14.6 Å². The Morgan fingerprint density at radius 2 is 2.36 bits per heavy atom. The highest BCUT2D eigenvalue weighted by Crippen LogP contribution is 2.36. The first-order valence-electron chi connectivity index (χ1n) is 7.07. The number of anilines is 1. The highest BCUT2D eigenvalue weighted by atomic mass is 16.5. The SMILES string of the molecule is COCC[C@H]1[C@@H](O)[C@H](n2cnc3c(=O)[nH]c(N)nc32)O[C@@H]1C. The highest BCUT2D eigenvalue weighted by Gasteiger charge is 2.42. The number of nitrogens with two attached hydrogens (primary N) is 1. The molecule has 1 aliphatic rings. The Labute approximate surface area is 126 Å². The number of H-pyrrole nitrogens is 1. The van der Waals surface area contributed by atoms with E-state index in [-0.39, 0.29) is 23.5 Å². The first-order chi connectivity index (χ1) is 10.5. The Bertz CT molecular complexity index is 727. The van der Waals surface area contributed by atoms with Gasteiger partial charge in [-0.1, -0.05) is 0 Å². The second kappa shape index (κ2) is 5.67. The number of hydrogen-bond acceptors (Lipinski definition) is 7. The van der Waals surface area contributed by atoms with Crippen molar-refractivity contribution in [2.75, 3.05) is 19.5 Å². The molecule has 120 valence electrons. The van der Waals surface area contributed by atoms with Gasteiger partial charge in [-0.3, -0.25) is 14.3 Å². The maximum Gasteiger partial charge on any atom is 0.280 e. The van der Waals surface area contributed by atoms with Gasteiger partial charge in [-0.15, -0.1) is 0 Å². The van der Waals surface area contributed by atoms with E-state index in [1.54, 1.807) is 11.7 Å². The molecule has 1 saturated heterocycles. The zero-order valence-corrected chi connectivity index (χ0v) is 12.4. The molecule has 0 spiro atoms. The summed E-state index contributed by atoms with van der Waals surface area (Å²) in [5.41, 5.74) is 5.62. The normalized spacial score (nSPS) is 28.5. The molecular weight excluding hydrogens is 290 g/mol. The van der Waals surface area contributed by atoms with Crippen molar-refractivity contribution in [1.29, 1.82) is 0 Å². The van der Waals surface area contributed by atoms with Gasteiger partial charge < -0.3 is 20.3 Å². The van der Waals surface area contributed by atoms with Gasteiger partial charge in [-0.2, -0.15) is 4.98 Å². The first-order valence-corrected chi connectivity index (χ1v) is 7.07. The molecule has 3 heterocycles. The highest BCUT2D eigenvalue weighted by molar-refractivity contribution is 5.70. The Morgan fingerprint density at radius 3 is 3.09 bits per heavy atom. The molecule has 0 saturated carbocycles. The van der Waals surface area contributed by atoms with E-state index in [2.05, 4.69) is 15.0 Å². The average molecular weight is 309 g/mol. The molecule has 1 fully saturated rings. The van der Waals surface area contributed by atoms with Crippen LogP contribution in [-0.2, 0) is 9.47 Å². The quantitative estimate of drug-likeness (QED) is 0.703. The molecule has 0 unspecified atom stereocenters. The van der Waals surface area contributed by atoms with Gasteiger partial charge in [0, 0.05) is 19.6 Å². The summed E-state index contributed by atoms with van der Waals surface area (Å²) in [7, 11) is 1.62. The van der Waals surface area contributed by atoms with E-state index < -0.39 is 17.9 Å². The summed E-state index contributed by atoms with van der Waals surface area (Å²) in [6.07, 6.45) is 0.566. The van der Waals surface area contributed by atoms with Gasteiger partial charge >= 0.3 is 0 Å². The summed E-state index contributed by atoms with van der Waals surface area (Å²) in [6, 6.07) is 0. The van der Waals surface area contributed by atoms with Crippen LogP contribution in [0.1, 0.15) is 19.6 Å². The number of rotatable bonds is 4. The molecule has 9 nitrogen and oxygen atoms in total. The number of nitrogens with one attached hydrogen (secondary N) is 1. The Morgan fingerprint density at radius 1 is 1.59 bits per heavy atom. The molecule has 2 aromatic heterocycles. The van der Waals surface area contributed by atoms with Crippen LogP contribution in [0.4, 0.5) is 5.95 Å². The number of fused-ring (bicyclic) bond motifs is 1. The Balaban J connectivity index is 1.96. The first kappa shape index (κ1) is 14.9. The van der Waals surface area contributed by atoms with Crippen LogP contribution in [0, 0.1) is 5.92 Å². The number of aliphatic hydroxyl groups excluding tert-OH is 1. The maximum absolute atomic E-state index is 11.8. The van der Waals surface area contributed by atoms with Gasteiger partial charge in [0.2, 0.25) is 5.95 Å². The molecule has 4 N–H and O–H groups in total. The third kappa shape index (κ3) is 2.36. The molecule has 1 aliphatic heterocycles. The second-order valence-corrected chi connectivity index (χ2v) is 5.44. The predicted octanol–water partition coefficient (Wildman–Crippen LogP) is -0.367. The molecule has 0 aromatic carbocycles. The standard InChI is InChI=1S/C13H19N5O4/c1-6-7(3-4-21-2)9(19)12(22-6)18-5-15-8-10(18)16-13(14)17-11(8)20/h5-7,9,12,19H,3-4H2,1-2H3,(H3,14,16,17,20)/t6-,7-,9-,12-/m1/s1. The van der Waals surface area contributed by atoms with Crippen molar-refractivity contribution in [3.8, 4) is 0 Å². The fourth-order valence-corrected chi connectivity index (χ4v) is 2.91. The second-order valence-electron chi connectivity index (χ2n) is 5.44. The van der Waals surface area contributed by atoms with E-state index >= 15 is 0 Å². The van der Waals surface area contributed by atoms with E-state index in [4.69, 9.17) is 15.2 Å². The lowest BCUT2D eigenvalue weighted by molar-refractivity contribution is -0.0298. The molecule has 22 heavy (non-hydrogen) atoms. The molecule has 4 atom stereocenters. The average Bonchev–Trinajstić information content (AvgIpc) is 2.99.